The number of nitrogens with zero attached hydrogens (tertiary/aromatic N) is 3. The first-order chi connectivity index (χ1) is 13.0. The summed E-state index contributed by atoms with van der Waals surface area (Å²) in [6.07, 6.45) is 1.77. The van der Waals surface area contributed by atoms with Gasteiger partial charge in [0.1, 0.15) is 0 Å². The molecule has 0 saturated carbocycles. The summed E-state index contributed by atoms with van der Waals surface area (Å²) >= 11 is 6.02. The van der Waals surface area contributed by atoms with Gasteiger partial charge < -0.3 is 4.90 Å². The molecule has 5 nitrogen and oxygen atoms in total. The highest BCUT2D eigenvalue weighted by molar-refractivity contribution is 6.30. The Kier molecular flexibility index (Phi) is 5.91. The Balaban J connectivity index is 1.71. The molecule has 0 aliphatic rings. The second-order valence-corrected chi connectivity index (χ2v) is 6.94. The van der Waals surface area contributed by atoms with Gasteiger partial charge in [-0.1, -0.05) is 35.9 Å². The Hall–Kier alpha value is -2.66. The van der Waals surface area contributed by atoms with Gasteiger partial charge in [0.05, 0.1) is 17.2 Å². The summed E-state index contributed by atoms with van der Waals surface area (Å²) in [4.78, 5) is 31.4. The highest BCUT2D eigenvalue weighted by atomic mass is 35.5. The molecule has 2 aromatic carbocycles. The Bertz CT molecular complexity index is 1030. The van der Waals surface area contributed by atoms with Crippen molar-refractivity contribution in [3.63, 3.8) is 0 Å². The topological polar surface area (TPSA) is 55.2 Å². The van der Waals surface area contributed by atoms with Crippen LogP contribution < -0.4 is 5.56 Å². The SMILES string of the molecule is CCN(Cc1cccc(Cl)c1)C(=O)CCn1cnc2c(C)cccc2c1=O. The summed E-state index contributed by atoms with van der Waals surface area (Å²) in [7, 11) is 0. The fourth-order valence-corrected chi connectivity index (χ4v) is 3.32. The second kappa shape index (κ2) is 8.35. The third-order valence-corrected chi connectivity index (χ3v) is 4.85. The minimum atomic E-state index is -0.116. The first-order valence-electron chi connectivity index (χ1n) is 8.96. The largest absolute Gasteiger partial charge is 0.339 e. The minimum absolute atomic E-state index is 0.00582. The Morgan fingerprint density at radius 1 is 1.22 bits per heavy atom. The molecule has 1 heterocycles. The van der Waals surface area contributed by atoms with Gasteiger partial charge in [-0.3, -0.25) is 14.2 Å². The predicted molar refractivity (Wildman–Crippen MR) is 108 cm³/mol. The standard InChI is InChI=1S/C21H22ClN3O2/c1-3-24(13-16-7-5-8-17(22)12-16)19(26)10-11-25-14-23-20-15(2)6-4-9-18(20)21(25)27/h4-9,12,14H,3,10-11,13H2,1-2H3. The van der Waals surface area contributed by atoms with Crippen LogP contribution in [0.4, 0.5) is 0 Å². The number of carbonyl (C=O) groups excluding carboxylic acids is 1. The molecule has 0 aliphatic carbocycles. The zero-order chi connectivity index (χ0) is 19.4. The van der Waals surface area contributed by atoms with E-state index in [-0.39, 0.29) is 17.9 Å². The van der Waals surface area contributed by atoms with E-state index in [1.807, 2.05) is 50.2 Å². The molecule has 3 rings (SSSR count). The fraction of sp³-hybridized carbons (Fsp3) is 0.286. The monoisotopic (exact) mass is 383 g/mol. The van der Waals surface area contributed by atoms with Gasteiger partial charge in [0.15, 0.2) is 0 Å². The lowest BCUT2D eigenvalue weighted by atomic mass is 10.1. The molecule has 1 aromatic heterocycles. The summed E-state index contributed by atoms with van der Waals surface area (Å²) in [6, 6.07) is 13.0. The summed E-state index contributed by atoms with van der Waals surface area (Å²) in [5.74, 6) is -0.00582. The van der Waals surface area contributed by atoms with E-state index in [9.17, 15) is 9.59 Å². The molecule has 0 radical (unpaired) electrons. The second-order valence-electron chi connectivity index (χ2n) is 6.50. The molecule has 0 aliphatic heterocycles. The van der Waals surface area contributed by atoms with Crippen molar-refractivity contribution in [3.05, 3.63) is 75.3 Å². The van der Waals surface area contributed by atoms with Gasteiger partial charge in [-0.25, -0.2) is 4.98 Å². The van der Waals surface area contributed by atoms with Crippen molar-refractivity contribution in [2.45, 2.75) is 33.4 Å². The van der Waals surface area contributed by atoms with Gasteiger partial charge in [-0.05, 0) is 43.2 Å². The van der Waals surface area contributed by atoms with Crippen molar-refractivity contribution >= 4 is 28.4 Å². The lowest BCUT2D eigenvalue weighted by molar-refractivity contribution is -0.131. The number of aryl methyl sites for hydroxylation is 2. The van der Waals surface area contributed by atoms with E-state index in [0.717, 1.165) is 11.1 Å². The third-order valence-electron chi connectivity index (χ3n) is 4.62. The zero-order valence-electron chi connectivity index (χ0n) is 15.5. The van der Waals surface area contributed by atoms with E-state index in [0.29, 0.717) is 35.6 Å². The van der Waals surface area contributed by atoms with E-state index in [2.05, 4.69) is 4.98 Å². The summed E-state index contributed by atoms with van der Waals surface area (Å²) in [5, 5.41) is 1.23. The van der Waals surface area contributed by atoms with Gasteiger partial charge >= 0.3 is 0 Å². The number of para-hydroxylation sites is 1. The number of aromatic nitrogens is 2. The number of hydrogen-bond acceptors (Lipinski definition) is 3. The van der Waals surface area contributed by atoms with Crippen LogP contribution in [0.3, 0.4) is 0 Å². The number of hydrogen-bond donors (Lipinski definition) is 0. The quantitative estimate of drug-likeness (QED) is 0.650. The highest BCUT2D eigenvalue weighted by Crippen LogP contribution is 2.14. The van der Waals surface area contributed by atoms with Gasteiger partial charge in [-0.2, -0.15) is 0 Å². The maximum absolute atomic E-state index is 12.6. The number of amides is 1. The maximum atomic E-state index is 12.6. The Morgan fingerprint density at radius 3 is 2.74 bits per heavy atom. The smallest absolute Gasteiger partial charge is 0.261 e. The van der Waals surface area contributed by atoms with Crippen LogP contribution in [-0.4, -0.2) is 26.9 Å². The Labute approximate surface area is 163 Å². The third kappa shape index (κ3) is 4.37. The van der Waals surface area contributed by atoms with Crippen LogP contribution in [0, 0.1) is 6.92 Å². The molecule has 1 amide bonds. The van der Waals surface area contributed by atoms with Crippen LogP contribution in [0.2, 0.25) is 5.02 Å². The van der Waals surface area contributed by atoms with Crippen molar-refractivity contribution in [3.8, 4) is 0 Å². The summed E-state index contributed by atoms with van der Waals surface area (Å²) in [5.41, 5.74) is 2.54. The lowest BCUT2D eigenvalue weighted by Crippen LogP contribution is -2.32. The van der Waals surface area contributed by atoms with E-state index in [1.54, 1.807) is 11.0 Å². The molecular formula is C21H22ClN3O2. The molecule has 0 unspecified atom stereocenters. The van der Waals surface area contributed by atoms with Crippen molar-refractivity contribution in [1.82, 2.24) is 14.5 Å². The minimum Gasteiger partial charge on any atom is -0.339 e. The molecule has 0 bridgehead atoms. The number of carbonyl (C=O) groups is 1. The van der Waals surface area contributed by atoms with Crippen LogP contribution in [0.15, 0.2) is 53.6 Å². The molecule has 6 heteroatoms. The molecule has 0 spiro atoms. The average molecular weight is 384 g/mol. The Morgan fingerprint density at radius 2 is 2.00 bits per heavy atom. The average Bonchev–Trinajstić information content (AvgIpc) is 2.66. The van der Waals surface area contributed by atoms with E-state index < -0.39 is 0 Å². The van der Waals surface area contributed by atoms with Crippen LogP contribution in [-0.2, 0) is 17.9 Å². The summed E-state index contributed by atoms with van der Waals surface area (Å²) in [6.45, 7) is 5.27. The molecule has 0 fully saturated rings. The number of fused-ring (bicyclic) bond motifs is 1. The molecule has 27 heavy (non-hydrogen) atoms. The highest BCUT2D eigenvalue weighted by Gasteiger charge is 2.14. The molecule has 3 aromatic rings. The first-order valence-corrected chi connectivity index (χ1v) is 9.34. The van der Waals surface area contributed by atoms with Gasteiger partial charge in [0.25, 0.3) is 5.56 Å². The van der Waals surface area contributed by atoms with Crippen molar-refractivity contribution in [2.75, 3.05) is 6.54 Å². The van der Waals surface area contributed by atoms with Crippen LogP contribution in [0.25, 0.3) is 10.9 Å². The van der Waals surface area contributed by atoms with Crippen molar-refractivity contribution in [1.29, 1.82) is 0 Å². The van der Waals surface area contributed by atoms with E-state index in [1.165, 1.54) is 10.9 Å². The van der Waals surface area contributed by atoms with Crippen molar-refractivity contribution < 1.29 is 4.79 Å². The maximum Gasteiger partial charge on any atom is 0.261 e. The van der Waals surface area contributed by atoms with Crippen molar-refractivity contribution in [2.24, 2.45) is 0 Å². The van der Waals surface area contributed by atoms with E-state index in [4.69, 9.17) is 11.6 Å². The lowest BCUT2D eigenvalue weighted by Gasteiger charge is -2.21. The van der Waals surface area contributed by atoms with E-state index >= 15 is 0 Å². The molecule has 0 saturated heterocycles. The van der Waals surface area contributed by atoms with Gasteiger partial charge in [-0.15, -0.1) is 0 Å². The van der Waals surface area contributed by atoms with Crippen LogP contribution >= 0.6 is 11.6 Å². The summed E-state index contributed by atoms with van der Waals surface area (Å²) < 4.78 is 1.51. The molecule has 0 atom stereocenters. The number of halogens is 1. The van der Waals surface area contributed by atoms with Crippen LogP contribution in [0.1, 0.15) is 24.5 Å². The van der Waals surface area contributed by atoms with Gasteiger partial charge in [0.2, 0.25) is 5.91 Å². The normalized spacial score (nSPS) is 10.9. The first kappa shape index (κ1) is 19.1. The van der Waals surface area contributed by atoms with Gasteiger partial charge in [0, 0.05) is 31.1 Å². The zero-order valence-corrected chi connectivity index (χ0v) is 16.2. The fourth-order valence-electron chi connectivity index (χ4n) is 3.10. The number of rotatable bonds is 6. The van der Waals surface area contributed by atoms with Crippen LogP contribution in [0.5, 0.6) is 0 Å². The predicted octanol–water partition coefficient (Wildman–Crippen LogP) is 3.80. The molecular weight excluding hydrogens is 362 g/mol. The molecule has 140 valence electrons. The number of benzene rings is 2. The molecule has 0 N–H and O–H groups in total.